The van der Waals surface area contributed by atoms with Crippen LogP contribution in [0.1, 0.15) is 51.8 Å². The molecule has 8 rings (SSSR count). The zero-order valence-corrected chi connectivity index (χ0v) is 29.8. The molecule has 2 atom stereocenters. The number of furan rings is 1. The maximum atomic E-state index is 14.2. The highest BCUT2D eigenvalue weighted by molar-refractivity contribution is 7.17. The Labute approximate surface area is 304 Å². The van der Waals surface area contributed by atoms with Gasteiger partial charge >= 0.3 is 0 Å². The fourth-order valence-corrected chi connectivity index (χ4v) is 8.57. The van der Waals surface area contributed by atoms with E-state index < -0.39 is 5.60 Å². The van der Waals surface area contributed by atoms with Crippen LogP contribution in [0.15, 0.2) is 95.1 Å². The molecule has 12 nitrogen and oxygen atoms in total. The topological polar surface area (TPSA) is 140 Å². The number of benzene rings is 1. The SMILES string of the molecule is Cc1ccc(-c2nc(C)c(C(=O)N3CC[C@@H](C(=O)N4CCC(O)(Cn5cnc6c(ccn6-c6ccoc6)c5=O)CC4)[C@H](c4ccccc4)C3)s2)cn1. The van der Waals surface area contributed by atoms with Crippen molar-refractivity contribution in [1.29, 1.82) is 0 Å². The molecule has 0 radical (unpaired) electrons. The normalized spacial score (nSPS) is 18.9. The minimum absolute atomic E-state index is 0.0342. The first-order valence-electron chi connectivity index (χ1n) is 17.5. The first-order chi connectivity index (χ1) is 25.2. The van der Waals surface area contributed by atoms with Crippen molar-refractivity contribution in [2.24, 2.45) is 5.92 Å². The zero-order chi connectivity index (χ0) is 36.0. The lowest BCUT2D eigenvalue weighted by atomic mass is 9.79. The van der Waals surface area contributed by atoms with Crippen molar-refractivity contribution >= 4 is 34.2 Å². The number of likely N-dealkylation sites (tertiary alicyclic amines) is 2. The molecule has 6 aromatic rings. The van der Waals surface area contributed by atoms with Crippen LogP contribution in [0.3, 0.4) is 0 Å². The quantitative estimate of drug-likeness (QED) is 0.237. The van der Waals surface area contributed by atoms with E-state index in [1.807, 2.05) is 66.1 Å². The number of piperidine rings is 2. The van der Waals surface area contributed by atoms with Crippen molar-refractivity contribution in [3.05, 3.63) is 118 Å². The van der Waals surface area contributed by atoms with Gasteiger partial charge in [0.1, 0.15) is 22.5 Å². The number of rotatable bonds is 7. The van der Waals surface area contributed by atoms with Crippen LogP contribution in [-0.4, -0.2) is 82.6 Å². The number of hydrogen-bond acceptors (Lipinski definition) is 9. The summed E-state index contributed by atoms with van der Waals surface area (Å²) in [6.07, 6.45) is 9.36. The molecule has 1 aromatic carbocycles. The number of carbonyl (C=O) groups excluding carboxylic acids is 2. The van der Waals surface area contributed by atoms with Gasteiger partial charge in [0.15, 0.2) is 5.65 Å². The first kappa shape index (κ1) is 33.7. The Morgan fingerprint density at radius 3 is 2.54 bits per heavy atom. The van der Waals surface area contributed by atoms with Crippen LogP contribution in [-0.2, 0) is 11.3 Å². The van der Waals surface area contributed by atoms with Gasteiger partial charge in [-0.25, -0.2) is 9.97 Å². The van der Waals surface area contributed by atoms with E-state index in [0.29, 0.717) is 67.0 Å². The average molecular weight is 718 g/mol. The fourth-order valence-electron chi connectivity index (χ4n) is 7.55. The summed E-state index contributed by atoms with van der Waals surface area (Å²) in [4.78, 5) is 59.6. The summed E-state index contributed by atoms with van der Waals surface area (Å²) in [6.45, 7) is 5.48. The summed E-state index contributed by atoms with van der Waals surface area (Å²) in [5.74, 6) is -0.543. The minimum Gasteiger partial charge on any atom is -0.470 e. The van der Waals surface area contributed by atoms with E-state index in [1.165, 1.54) is 22.2 Å². The van der Waals surface area contributed by atoms with Crippen LogP contribution >= 0.6 is 11.3 Å². The molecule has 0 bridgehead atoms. The molecule has 0 unspecified atom stereocenters. The third-order valence-electron chi connectivity index (χ3n) is 10.5. The molecule has 0 spiro atoms. The summed E-state index contributed by atoms with van der Waals surface area (Å²) < 4.78 is 8.43. The predicted molar refractivity (Wildman–Crippen MR) is 196 cm³/mol. The van der Waals surface area contributed by atoms with Crippen molar-refractivity contribution in [3.8, 4) is 16.3 Å². The lowest BCUT2D eigenvalue weighted by molar-refractivity contribution is -0.142. The van der Waals surface area contributed by atoms with Crippen molar-refractivity contribution in [1.82, 2.24) is 33.9 Å². The molecule has 266 valence electrons. The largest absolute Gasteiger partial charge is 0.470 e. The second-order valence-electron chi connectivity index (χ2n) is 13.9. The van der Waals surface area contributed by atoms with Gasteiger partial charge in [0, 0.05) is 67.7 Å². The Balaban J connectivity index is 0.955. The van der Waals surface area contributed by atoms with Gasteiger partial charge in [-0.15, -0.1) is 11.3 Å². The number of aliphatic hydroxyl groups is 1. The van der Waals surface area contributed by atoms with Crippen molar-refractivity contribution < 1.29 is 19.1 Å². The molecule has 5 aromatic heterocycles. The molecule has 13 heteroatoms. The lowest BCUT2D eigenvalue weighted by Crippen LogP contribution is -2.53. The van der Waals surface area contributed by atoms with Crippen LogP contribution in [0.2, 0.25) is 0 Å². The molecule has 2 fully saturated rings. The molecule has 52 heavy (non-hydrogen) atoms. The van der Waals surface area contributed by atoms with E-state index in [0.717, 1.165) is 27.5 Å². The van der Waals surface area contributed by atoms with Crippen LogP contribution < -0.4 is 5.56 Å². The Morgan fingerprint density at radius 2 is 1.81 bits per heavy atom. The van der Waals surface area contributed by atoms with E-state index in [-0.39, 0.29) is 35.8 Å². The summed E-state index contributed by atoms with van der Waals surface area (Å²) in [5, 5.41) is 12.8. The number of amides is 2. The summed E-state index contributed by atoms with van der Waals surface area (Å²) in [5.41, 5.74) is 3.38. The molecule has 2 saturated heterocycles. The van der Waals surface area contributed by atoms with Crippen molar-refractivity contribution in [3.63, 3.8) is 0 Å². The number of pyridine rings is 1. The van der Waals surface area contributed by atoms with Crippen LogP contribution in [0.4, 0.5) is 0 Å². The van der Waals surface area contributed by atoms with E-state index in [4.69, 9.17) is 9.40 Å². The molecule has 2 aliphatic heterocycles. The maximum Gasteiger partial charge on any atom is 0.265 e. The predicted octanol–water partition coefficient (Wildman–Crippen LogP) is 5.22. The number of nitrogens with zero attached hydrogens (tertiary/aromatic N) is 7. The molecule has 2 aliphatic rings. The monoisotopic (exact) mass is 717 g/mol. The second kappa shape index (κ2) is 13.6. The average Bonchev–Trinajstić information content (AvgIpc) is 3.94. The highest BCUT2D eigenvalue weighted by atomic mass is 32.1. The summed E-state index contributed by atoms with van der Waals surface area (Å²) in [7, 11) is 0. The molecule has 7 heterocycles. The molecular weight excluding hydrogens is 679 g/mol. The highest BCUT2D eigenvalue weighted by Gasteiger charge is 2.42. The molecule has 0 aliphatic carbocycles. The third kappa shape index (κ3) is 6.34. The van der Waals surface area contributed by atoms with Gasteiger partial charge < -0.3 is 19.3 Å². The van der Waals surface area contributed by atoms with Gasteiger partial charge in [0.05, 0.1) is 35.2 Å². The standard InChI is InChI=1S/C39H39N7O5S/c1-25-8-9-28(20-40-25)35-42-26(2)33(52-35)38(49)44-15-10-30(32(21-44)27-6-4-3-5-7-27)36(47)43-17-13-39(50,14-18-43)23-45-24-41-34-31(37(45)48)11-16-46(34)29-12-19-51-22-29/h3-9,11-12,16,19-20,22,24,30,32,50H,10,13-15,17-18,21,23H2,1-2H3/t30-,32+/m1/s1. The summed E-state index contributed by atoms with van der Waals surface area (Å²) in [6, 6.07) is 17.4. The molecule has 0 saturated carbocycles. The van der Waals surface area contributed by atoms with E-state index >= 15 is 0 Å². The smallest absolute Gasteiger partial charge is 0.265 e. The Hall–Kier alpha value is -5.40. The van der Waals surface area contributed by atoms with E-state index in [1.54, 1.807) is 41.6 Å². The number of fused-ring (bicyclic) bond motifs is 1. The highest BCUT2D eigenvalue weighted by Crippen LogP contribution is 2.37. The van der Waals surface area contributed by atoms with Gasteiger partial charge in [0.2, 0.25) is 5.91 Å². The molecule has 2 amide bonds. The van der Waals surface area contributed by atoms with Gasteiger partial charge in [-0.05, 0) is 56.9 Å². The van der Waals surface area contributed by atoms with Crippen molar-refractivity contribution in [2.75, 3.05) is 26.2 Å². The van der Waals surface area contributed by atoms with E-state index in [2.05, 4.69) is 9.97 Å². The lowest BCUT2D eigenvalue weighted by Gasteiger charge is -2.43. The number of thiazole rings is 1. The Bertz CT molecular complexity index is 2290. The summed E-state index contributed by atoms with van der Waals surface area (Å²) >= 11 is 1.38. The second-order valence-corrected chi connectivity index (χ2v) is 14.9. The molecule has 1 N–H and O–H groups in total. The Kier molecular flexibility index (Phi) is 8.84. The number of aromatic nitrogens is 5. The number of aryl methyl sites for hydroxylation is 2. The third-order valence-corrected chi connectivity index (χ3v) is 11.7. The first-order valence-corrected chi connectivity index (χ1v) is 18.3. The number of hydrogen-bond donors (Lipinski definition) is 1. The maximum absolute atomic E-state index is 14.2. The van der Waals surface area contributed by atoms with Crippen molar-refractivity contribution in [2.45, 2.75) is 51.2 Å². The van der Waals surface area contributed by atoms with Gasteiger partial charge in [-0.1, -0.05) is 30.3 Å². The fraction of sp³-hybridized carbons (Fsp3) is 0.333. The zero-order valence-electron chi connectivity index (χ0n) is 29.0. The minimum atomic E-state index is -1.17. The molecular formula is C39H39N7O5S. The van der Waals surface area contributed by atoms with Gasteiger partial charge in [-0.2, -0.15) is 0 Å². The van der Waals surface area contributed by atoms with Crippen LogP contribution in [0, 0.1) is 19.8 Å². The number of carbonyl (C=O) groups is 2. The van der Waals surface area contributed by atoms with Crippen LogP contribution in [0.5, 0.6) is 0 Å². The van der Waals surface area contributed by atoms with E-state index in [9.17, 15) is 19.5 Å². The van der Waals surface area contributed by atoms with Gasteiger partial charge in [-0.3, -0.25) is 28.5 Å². The Morgan fingerprint density at radius 1 is 1.00 bits per heavy atom. The van der Waals surface area contributed by atoms with Crippen LogP contribution in [0.25, 0.3) is 27.3 Å². The van der Waals surface area contributed by atoms with Gasteiger partial charge in [0.25, 0.3) is 11.5 Å².